The number of nitrogens with one attached hydrogen (secondary N) is 2. The molecule has 0 atom stereocenters. The zero-order valence-electron chi connectivity index (χ0n) is 10.2. The van der Waals surface area contributed by atoms with E-state index in [1.165, 1.54) is 11.8 Å². The lowest BCUT2D eigenvalue weighted by molar-refractivity contribution is 1.40. The van der Waals surface area contributed by atoms with Gasteiger partial charge in [-0.1, -0.05) is 60.3 Å². The standard InChI is InChI=1S/C15H13N3S/c16-15(17)19-14-11-8-4-5-9-12(11)18-13(14)10-6-2-1-3-7-10/h1-9,18H,(H3,16,17). The van der Waals surface area contributed by atoms with Crippen LogP contribution in [0, 0.1) is 5.41 Å². The number of benzene rings is 2. The van der Waals surface area contributed by atoms with Crippen LogP contribution in [0.4, 0.5) is 0 Å². The van der Waals surface area contributed by atoms with E-state index in [9.17, 15) is 0 Å². The Bertz CT molecular complexity index is 731. The van der Waals surface area contributed by atoms with Gasteiger partial charge in [-0.05, 0) is 11.6 Å². The zero-order valence-corrected chi connectivity index (χ0v) is 11.0. The van der Waals surface area contributed by atoms with Gasteiger partial charge in [-0.2, -0.15) is 0 Å². The Labute approximate surface area is 115 Å². The molecule has 0 bridgehead atoms. The van der Waals surface area contributed by atoms with E-state index in [4.69, 9.17) is 11.1 Å². The number of aromatic nitrogens is 1. The molecule has 2 aromatic carbocycles. The lowest BCUT2D eigenvalue weighted by Gasteiger charge is -2.03. The number of aromatic amines is 1. The molecule has 19 heavy (non-hydrogen) atoms. The Balaban J connectivity index is 2.26. The van der Waals surface area contributed by atoms with Crippen LogP contribution in [0.2, 0.25) is 0 Å². The molecule has 0 spiro atoms. The van der Waals surface area contributed by atoms with Crippen LogP contribution in [0.15, 0.2) is 59.5 Å². The smallest absolute Gasteiger partial charge is 0.156 e. The number of rotatable bonds is 2. The second-order valence-corrected chi connectivity index (χ2v) is 5.26. The average molecular weight is 267 g/mol. The maximum absolute atomic E-state index is 7.53. The van der Waals surface area contributed by atoms with Crippen molar-refractivity contribution in [3.8, 4) is 11.3 Å². The summed E-state index contributed by atoms with van der Waals surface area (Å²) in [5.41, 5.74) is 8.73. The molecule has 3 nitrogen and oxygen atoms in total. The molecule has 4 N–H and O–H groups in total. The molecule has 0 amide bonds. The lowest BCUT2D eigenvalue weighted by atomic mass is 10.1. The SMILES string of the molecule is N=C(N)Sc1c(-c2ccccc2)[nH]c2ccccc12. The summed E-state index contributed by atoms with van der Waals surface area (Å²) in [6.07, 6.45) is 0. The minimum absolute atomic E-state index is 0.0990. The Morgan fingerprint density at radius 1 is 1.00 bits per heavy atom. The molecule has 0 saturated heterocycles. The van der Waals surface area contributed by atoms with Crippen LogP contribution < -0.4 is 5.73 Å². The number of hydrogen-bond acceptors (Lipinski definition) is 2. The first kappa shape index (κ1) is 11.9. The third-order valence-corrected chi connectivity index (χ3v) is 3.78. The maximum Gasteiger partial charge on any atom is 0.156 e. The van der Waals surface area contributed by atoms with E-state index in [-0.39, 0.29) is 5.17 Å². The fourth-order valence-corrected chi connectivity index (χ4v) is 2.92. The highest BCUT2D eigenvalue weighted by Crippen LogP contribution is 2.37. The number of fused-ring (bicyclic) bond motifs is 1. The van der Waals surface area contributed by atoms with E-state index >= 15 is 0 Å². The fraction of sp³-hybridized carbons (Fsp3) is 0. The third kappa shape index (κ3) is 2.22. The molecule has 0 aliphatic carbocycles. The first-order valence-corrected chi connectivity index (χ1v) is 6.75. The van der Waals surface area contributed by atoms with Crippen LogP contribution >= 0.6 is 11.8 Å². The first-order chi connectivity index (χ1) is 9.25. The van der Waals surface area contributed by atoms with Crippen LogP contribution in [-0.4, -0.2) is 10.2 Å². The molecule has 1 heterocycles. The van der Waals surface area contributed by atoms with E-state index in [1.807, 2.05) is 42.5 Å². The number of hydrogen-bond donors (Lipinski definition) is 3. The van der Waals surface area contributed by atoms with Crippen molar-refractivity contribution >= 4 is 27.8 Å². The second kappa shape index (κ2) is 4.82. The summed E-state index contributed by atoms with van der Waals surface area (Å²) < 4.78 is 0. The molecule has 0 fully saturated rings. The molecule has 1 aromatic heterocycles. The minimum atomic E-state index is 0.0990. The van der Waals surface area contributed by atoms with Gasteiger partial charge in [0.05, 0.1) is 5.69 Å². The Morgan fingerprint density at radius 3 is 2.42 bits per heavy atom. The highest BCUT2D eigenvalue weighted by Gasteiger charge is 2.14. The van der Waals surface area contributed by atoms with Gasteiger partial charge in [-0.25, -0.2) is 0 Å². The average Bonchev–Trinajstić information content (AvgIpc) is 2.78. The van der Waals surface area contributed by atoms with Crippen molar-refractivity contribution in [1.82, 2.24) is 4.98 Å². The highest BCUT2D eigenvalue weighted by atomic mass is 32.2. The van der Waals surface area contributed by atoms with E-state index < -0.39 is 0 Å². The van der Waals surface area contributed by atoms with Crippen molar-refractivity contribution in [3.05, 3.63) is 54.6 Å². The molecule has 94 valence electrons. The summed E-state index contributed by atoms with van der Waals surface area (Å²) in [4.78, 5) is 4.42. The van der Waals surface area contributed by atoms with Crippen LogP contribution in [0.1, 0.15) is 0 Å². The summed E-state index contributed by atoms with van der Waals surface area (Å²) in [6, 6.07) is 18.2. The normalized spacial score (nSPS) is 10.7. The zero-order chi connectivity index (χ0) is 13.2. The van der Waals surface area contributed by atoms with Gasteiger partial charge in [0.15, 0.2) is 5.17 Å². The number of H-pyrrole nitrogens is 1. The first-order valence-electron chi connectivity index (χ1n) is 5.93. The van der Waals surface area contributed by atoms with E-state index in [2.05, 4.69) is 17.1 Å². The van der Waals surface area contributed by atoms with Gasteiger partial charge in [0.2, 0.25) is 0 Å². The lowest BCUT2D eigenvalue weighted by Crippen LogP contribution is -2.03. The van der Waals surface area contributed by atoms with Crippen LogP contribution in [0.3, 0.4) is 0 Å². The van der Waals surface area contributed by atoms with Crippen LogP contribution in [0.5, 0.6) is 0 Å². The van der Waals surface area contributed by atoms with Gasteiger partial charge in [0, 0.05) is 15.8 Å². The van der Waals surface area contributed by atoms with E-state index in [0.717, 1.165) is 27.1 Å². The molecule has 3 aromatic rings. The fourth-order valence-electron chi connectivity index (χ4n) is 2.14. The molecule has 3 rings (SSSR count). The van der Waals surface area contributed by atoms with Crippen molar-refractivity contribution in [2.45, 2.75) is 4.90 Å². The molecule has 0 aliphatic heterocycles. The molecule has 0 aliphatic rings. The molecule has 0 unspecified atom stereocenters. The Morgan fingerprint density at radius 2 is 1.68 bits per heavy atom. The van der Waals surface area contributed by atoms with Gasteiger partial charge in [0.1, 0.15) is 0 Å². The molecular weight excluding hydrogens is 254 g/mol. The Hall–Kier alpha value is -2.20. The van der Waals surface area contributed by atoms with Gasteiger partial charge in [-0.3, -0.25) is 5.41 Å². The number of nitrogens with two attached hydrogens (primary N) is 1. The van der Waals surface area contributed by atoms with Gasteiger partial charge >= 0.3 is 0 Å². The van der Waals surface area contributed by atoms with Crippen molar-refractivity contribution in [3.63, 3.8) is 0 Å². The van der Waals surface area contributed by atoms with E-state index in [0.29, 0.717) is 0 Å². The monoisotopic (exact) mass is 267 g/mol. The molecule has 0 saturated carbocycles. The minimum Gasteiger partial charge on any atom is -0.378 e. The van der Waals surface area contributed by atoms with Gasteiger partial charge < -0.3 is 10.7 Å². The third-order valence-electron chi connectivity index (χ3n) is 2.93. The summed E-state index contributed by atoms with van der Waals surface area (Å²) in [6.45, 7) is 0. The number of thioether (sulfide) groups is 1. The van der Waals surface area contributed by atoms with Crippen LogP contribution in [0.25, 0.3) is 22.2 Å². The number of para-hydroxylation sites is 1. The van der Waals surface area contributed by atoms with Crippen molar-refractivity contribution < 1.29 is 0 Å². The highest BCUT2D eigenvalue weighted by molar-refractivity contribution is 8.14. The molecule has 4 heteroatoms. The van der Waals surface area contributed by atoms with Gasteiger partial charge in [0.25, 0.3) is 0 Å². The quantitative estimate of drug-likeness (QED) is 0.375. The molecular formula is C15H13N3S. The van der Waals surface area contributed by atoms with Crippen LogP contribution in [-0.2, 0) is 0 Å². The van der Waals surface area contributed by atoms with Gasteiger partial charge in [-0.15, -0.1) is 0 Å². The largest absolute Gasteiger partial charge is 0.378 e. The van der Waals surface area contributed by atoms with E-state index in [1.54, 1.807) is 0 Å². The predicted molar refractivity (Wildman–Crippen MR) is 81.5 cm³/mol. The molecule has 0 radical (unpaired) electrons. The maximum atomic E-state index is 7.53. The van der Waals surface area contributed by atoms with Crippen molar-refractivity contribution in [2.24, 2.45) is 5.73 Å². The summed E-state index contributed by atoms with van der Waals surface area (Å²) in [7, 11) is 0. The Kier molecular flexibility index (Phi) is 3.01. The summed E-state index contributed by atoms with van der Waals surface area (Å²) in [5, 5.41) is 8.73. The summed E-state index contributed by atoms with van der Waals surface area (Å²) >= 11 is 1.29. The van der Waals surface area contributed by atoms with Crippen molar-refractivity contribution in [2.75, 3.05) is 0 Å². The second-order valence-electron chi connectivity index (χ2n) is 4.21. The predicted octanol–water partition coefficient (Wildman–Crippen LogP) is 3.82. The summed E-state index contributed by atoms with van der Waals surface area (Å²) in [5.74, 6) is 0. The topological polar surface area (TPSA) is 65.7 Å². The number of amidine groups is 1. The van der Waals surface area contributed by atoms with Crippen molar-refractivity contribution in [1.29, 1.82) is 5.41 Å².